The van der Waals surface area contributed by atoms with Gasteiger partial charge in [0.1, 0.15) is 0 Å². The van der Waals surface area contributed by atoms with Crippen molar-refractivity contribution in [3.05, 3.63) is 80.5 Å². The highest BCUT2D eigenvalue weighted by Gasteiger charge is 2.41. The molecular weight excluding hydrogens is 418 g/mol. The molecule has 0 spiro atoms. The zero-order chi connectivity index (χ0) is 18.8. The summed E-state index contributed by atoms with van der Waals surface area (Å²) in [5, 5.41) is 10.9. The zero-order valence-electron chi connectivity index (χ0n) is 14.1. The first-order valence-electron chi connectivity index (χ1n) is 8.13. The summed E-state index contributed by atoms with van der Waals surface area (Å²) in [7, 11) is 0. The fourth-order valence-corrected chi connectivity index (χ4v) is 3.53. The van der Waals surface area contributed by atoms with E-state index in [1.807, 2.05) is 36.4 Å². The maximum Gasteiger partial charge on any atom is 0.290 e. The van der Waals surface area contributed by atoms with Crippen LogP contribution in [0.1, 0.15) is 24.1 Å². The van der Waals surface area contributed by atoms with E-state index in [1.54, 1.807) is 17.0 Å². The average molecular weight is 435 g/mol. The van der Waals surface area contributed by atoms with E-state index < -0.39 is 17.7 Å². The van der Waals surface area contributed by atoms with Crippen LogP contribution in [0, 0.1) is 0 Å². The SMILES string of the molecule is CC(=O)C1=C(O)C(=O)N(CCc2ccc(Cl)cc2)C1c1ccc(Br)cc1. The second-order valence-electron chi connectivity index (χ2n) is 6.15. The number of ketones is 1. The van der Waals surface area contributed by atoms with Crippen LogP contribution in [0.4, 0.5) is 0 Å². The number of benzene rings is 2. The normalized spacial score (nSPS) is 17.1. The highest BCUT2D eigenvalue weighted by Crippen LogP contribution is 2.38. The highest BCUT2D eigenvalue weighted by molar-refractivity contribution is 9.10. The number of halogens is 2. The van der Waals surface area contributed by atoms with Gasteiger partial charge in [-0.2, -0.15) is 0 Å². The third-order valence-corrected chi connectivity index (χ3v) is 5.20. The number of hydrogen-bond donors (Lipinski definition) is 1. The van der Waals surface area contributed by atoms with Crippen LogP contribution in [-0.2, 0) is 16.0 Å². The van der Waals surface area contributed by atoms with Crippen LogP contribution < -0.4 is 0 Å². The standard InChI is InChI=1S/C20H17BrClNO3/c1-12(24)17-18(14-4-6-15(21)7-5-14)23(20(26)19(17)25)11-10-13-2-8-16(22)9-3-13/h2-9,18,25H,10-11H2,1H3. The lowest BCUT2D eigenvalue weighted by molar-refractivity contribution is -0.129. The van der Waals surface area contributed by atoms with Crippen LogP contribution >= 0.6 is 27.5 Å². The molecule has 0 saturated carbocycles. The first kappa shape index (κ1) is 18.7. The molecule has 1 unspecified atom stereocenters. The van der Waals surface area contributed by atoms with Crippen molar-refractivity contribution in [3.63, 3.8) is 0 Å². The van der Waals surface area contributed by atoms with Crippen molar-refractivity contribution in [3.8, 4) is 0 Å². The zero-order valence-corrected chi connectivity index (χ0v) is 16.4. The number of aliphatic hydroxyl groups excluding tert-OH is 1. The Balaban J connectivity index is 1.91. The molecule has 1 heterocycles. The maximum absolute atomic E-state index is 12.6. The lowest BCUT2D eigenvalue weighted by atomic mass is 9.96. The van der Waals surface area contributed by atoms with E-state index in [-0.39, 0.29) is 11.4 Å². The van der Waals surface area contributed by atoms with Gasteiger partial charge in [0.25, 0.3) is 5.91 Å². The molecule has 1 amide bonds. The van der Waals surface area contributed by atoms with Crippen LogP contribution in [0.3, 0.4) is 0 Å². The van der Waals surface area contributed by atoms with Crippen LogP contribution in [0.25, 0.3) is 0 Å². The van der Waals surface area contributed by atoms with Gasteiger partial charge in [-0.15, -0.1) is 0 Å². The van der Waals surface area contributed by atoms with E-state index in [4.69, 9.17) is 11.6 Å². The van der Waals surface area contributed by atoms with Crippen molar-refractivity contribution in [1.29, 1.82) is 0 Å². The molecule has 26 heavy (non-hydrogen) atoms. The van der Waals surface area contributed by atoms with Crippen molar-refractivity contribution in [1.82, 2.24) is 4.90 Å². The van der Waals surface area contributed by atoms with Crippen LogP contribution in [0.5, 0.6) is 0 Å². The Morgan fingerprint density at radius 1 is 1.15 bits per heavy atom. The number of aliphatic hydroxyl groups is 1. The fraction of sp³-hybridized carbons (Fsp3) is 0.200. The predicted molar refractivity (Wildman–Crippen MR) is 104 cm³/mol. The Morgan fingerprint density at radius 3 is 2.35 bits per heavy atom. The predicted octanol–water partition coefficient (Wildman–Crippen LogP) is 4.63. The molecule has 0 aliphatic carbocycles. The monoisotopic (exact) mass is 433 g/mol. The molecule has 1 N–H and O–H groups in total. The minimum absolute atomic E-state index is 0.147. The molecule has 2 aromatic carbocycles. The molecule has 1 aliphatic rings. The van der Waals surface area contributed by atoms with Crippen molar-refractivity contribution in [2.45, 2.75) is 19.4 Å². The Morgan fingerprint density at radius 2 is 1.77 bits per heavy atom. The van der Waals surface area contributed by atoms with Gasteiger partial charge >= 0.3 is 0 Å². The van der Waals surface area contributed by atoms with Gasteiger partial charge in [0.05, 0.1) is 11.6 Å². The van der Waals surface area contributed by atoms with Crippen molar-refractivity contribution >= 4 is 39.2 Å². The van der Waals surface area contributed by atoms with Crippen LogP contribution in [0.2, 0.25) is 5.02 Å². The molecular formula is C20H17BrClNO3. The molecule has 0 radical (unpaired) electrons. The van der Waals surface area contributed by atoms with E-state index in [2.05, 4.69) is 15.9 Å². The lowest BCUT2D eigenvalue weighted by Crippen LogP contribution is -2.32. The van der Waals surface area contributed by atoms with Gasteiger partial charge in [-0.25, -0.2) is 0 Å². The number of nitrogens with zero attached hydrogens (tertiary/aromatic N) is 1. The van der Waals surface area contributed by atoms with Gasteiger partial charge in [0.2, 0.25) is 0 Å². The third-order valence-electron chi connectivity index (χ3n) is 4.42. The Labute approximate surface area is 165 Å². The summed E-state index contributed by atoms with van der Waals surface area (Å²) in [5.74, 6) is -1.28. The summed E-state index contributed by atoms with van der Waals surface area (Å²) in [6.45, 7) is 1.75. The molecule has 6 heteroatoms. The number of rotatable bonds is 5. The Bertz CT molecular complexity index is 875. The van der Waals surface area contributed by atoms with Crippen molar-refractivity contribution in [2.75, 3.05) is 6.54 Å². The highest BCUT2D eigenvalue weighted by atomic mass is 79.9. The number of carbonyl (C=O) groups excluding carboxylic acids is 2. The molecule has 2 aromatic rings. The first-order valence-corrected chi connectivity index (χ1v) is 9.30. The summed E-state index contributed by atoms with van der Waals surface area (Å²) >= 11 is 9.29. The number of carbonyl (C=O) groups is 2. The molecule has 0 fully saturated rings. The van der Waals surface area contributed by atoms with E-state index in [1.165, 1.54) is 6.92 Å². The minimum atomic E-state index is -0.583. The van der Waals surface area contributed by atoms with Crippen LogP contribution in [-0.4, -0.2) is 28.2 Å². The van der Waals surface area contributed by atoms with E-state index in [9.17, 15) is 14.7 Å². The summed E-state index contributed by atoms with van der Waals surface area (Å²) in [5.41, 5.74) is 1.95. The fourth-order valence-electron chi connectivity index (χ4n) is 3.14. The van der Waals surface area contributed by atoms with Gasteiger partial charge in [-0.1, -0.05) is 51.8 Å². The van der Waals surface area contributed by atoms with Gasteiger partial charge in [0, 0.05) is 16.0 Å². The molecule has 3 rings (SSSR count). The molecule has 1 aliphatic heterocycles. The first-order chi connectivity index (χ1) is 12.4. The minimum Gasteiger partial charge on any atom is -0.503 e. The second kappa shape index (κ2) is 7.64. The summed E-state index contributed by atoms with van der Waals surface area (Å²) < 4.78 is 0.899. The van der Waals surface area contributed by atoms with E-state index >= 15 is 0 Å². The Hall–Kier alpha value is -2.11. The molecule has 0 aromatic heterocycles. The summed E-state index contributed by atoms with van der Waals surface area (Å²) in [4.78, 5) is 26.2. The molecule has 134 valence electrons. The van der Waals surface area contributed by atoms with Gasteiger partial charge < -0.3 is 10.0 Å². The largest absolute Gasteiger partial charge is 0.503 e. The van der Waals surface area contributed by atoms with Gasteiger partial charge in [-0.3, -0.25) is 9.59 Å². The van der Waals surface area contributed by atoms with Gasteiger partial charge in [-0.05, 0) is 48.7 Å². The number of hydrogen-bond acceptors (Lipinski definition) is 3. The number of Topliss-reactive ketones (excluding diaryl/α,β-unsaturated/α-hetero) is 1. The van der Waals surface area contributed by atoms with Crippen molar-refractivity contribution < 1.29 is 14.7 Å². The lowest BCUT2D eigenvalue weighted by Gasteiger charge is -2.26. The molecule has 1 atom stereocenters. The molecule has 0 saturated heterocycles. The molecule has 0 bridgehead atoms. The number of amides is 1. The average Bonchev–Trinajstić information content (AvgIpc) is 2.86. The van der Waals surface area contributed by atoms with Crippen LogP contribution in [0.15, 0.2) is 64.3 Å². The maximum atomic E-state index is 12.6. The Kier molecular flexibility index (Phi) is 5.49. The van der Waals surface area contributed by atoms with Gasteiger partial charge in [0.15, 0.2) is 11.5 Å². The quantitative estimate of drug-likeness (QED) is 0.746. The third kappa shape index (κ3) is 3.69. The second-order valence-corrected chi connectivity index (χ2v) is 7.50. The molecule has 4 nitrogen and oxygen atoms in total. The van der Waals surface area contributed by atoms with E-state index in [0.29, 0.717) is 18.0 Å². The summed E-state index contributed by atoms with van der Waals surface area (Å²) in [6, 6.07) is 14.2. The smallest absolute Gasteiger partial charge is 0.290 e. The van der Waals surface area contributed by atoms with E-state index in [0.717, 1.165) is 15.6 Å². The topological polar surface area (TPSA) is 57.6 Å². The van der Waals surface area contributed by atoms with Crippen molar-refractivity contribution in [2.24, 2.45) is 0 Å². The summed E-state index contributed by atoms with van der Waals surface area (Å²) in [6.07, 6.45) is 0.592.